The van der Waals surface area contributed by atoms with Crippen LogP contribution >= 0.6 is 0 Å². The highest BCUT2D eigenvalue weighted by atomic mass is 19.1. The molecule has 0 aromatic heterocycles. The molecular formula is C12H17FN2O. The predicted molar refractivity (Wildman–Crippen MR) is 62.4 cm³/mol. The third-order valence-electron chi connectivity index (χ3n) is 2.48. The Morgan fingerprint density at radius 3 is 2.56 bits per heavy atom. The van der Waals surface area contributed by atoms with E-state index in [2.05, 4.69) is 0 Å². The molecule has 0 radical (unpaired) electrons. The molecule has 0 fully saturated rings. The molecule has 0 saturated carbocycles. The molecule has 0 aliphatic rings. The number of benzene rings is 1. The van der Waals surface area contributed by atoms with Crippen molar-refractivity contribution in [3.63, 3.8) is 0 Å². The maximum absolute atomic E-state index is 13.6. The zero-order valence-corrected chi connectivity index (χ0v) is 9.80. The molecule has 1 aromatic rings. The molecule has 0 saturated heterocycles. The predicted octanol–water partition coefficient (Wildman–Crippen LogP) is 2.68. The lowest BCUT2D eigenvalue weighted by molar-refractivity contribution is 0.0995. The third-order valence-corrected chi connectivity index (χ3v) is 2.48. The molecule has 0 bridgehead atoms. The number of hydrogen-bond donors (Lipinski definition) is 2. The summed E-state index contributed by atoms with van der Waals surface area (Å²) in [4.78, 5) is 0. The van der Waals surface area contributed by atoms with Gasteiger partial charge in [-0.25, -0.2) is 4.39 Å². The zero-order chi connectivity index (χ0) is 12.3. The Balaban J connectivity index is 2.96. The molecule has 3 N–H and O–H groups in total. The number of nitrogen functional groups attached to an aromatic ring is 1. The van der Waals surface area contributed by atoms with E-state index >= 15 is 0 Å². The van der Waals surface area contributed by atoms with Crippen molar-refractivity contribution in [2.75, 3.05) is 0 Å². The van der Waals surface area contributed by atoms with Gasteiger partial charge in [0.1, 0.15) is 11.4 Å². The Hall–Kier alpha value is -1.58. The van der Waals surface area contributed by atoms with E-state index in [1.54, 1.807) is 6.07 Å². The number of hydrogen-bond acceptors (Lipinski definition) is 2. The van der Waals surface area contributed by atoms with Crippen molar-refractivity contribution in [1.82, 2.24) is 0 Å². The van der Waals surface area contributed by atoms with Crippen LogP contribution in [0.25, 0.3) is 0 Å². The average molecular weight is 224 g/mol. The molecule has 0 amide bonds. The highest BCUT2D eigenvalue weighted by Crippen LogP contribution is 2.24. The van der Waals surface area contributed by atoms with Crippen LogP contribution in [-0.4, -0.2) is 11.4 Å². The van der Waals surface area contributed by atoms with Crippen LogP contribution in [0.1, 0.15) is 32.8 Å². The molecule has 0 spiro atoms. The van der Waals surface area contributed by atoms with Crippen LogP contribution < -0.4 is 10.5 Å². The molecule has 4 heteroatoms. The van der Waals surface area contributed by atoms with Crippen LogP contribution in [0.3, 0.4) is 0 Å². The van der Waals surface area contributed by atoms with Gasteiger partial charge in [0.05, 0.1) is 0 Å². The number of amidine groups is 1. The van der Waals surface area contributed by atoms with Gasteiger partial charge in [-0.05, 0) is 38.5 Å². The minimum absolute atomic E-state index is 0.153. The summed E-state index contributed by atoms with van der Waals surface area (Å²) in [6, 6.07) is 4.29. The molecule has 1 aromatic carbocycles. The van der Waals surface area contributed by atoms with Gasteiger partial charge in [-0.15, -0.1) is 0 Å². The van der Waals surface area contributed by atoms with E-state index in [9.17, 15) is 4.39 Å². The van der Waals surface area contributed by atoms with E-state index in [0.29, 0.717) is 5.56 Å². The van der Waals surface area contributed by atoms with E-state index < -0.39 is 11.4 Å². The Bertz CT molecular complexity index is 402. The summed E-state index contributed by atoms with van der Waals surface area (Å²) >= 11 is 0. The van der Waals surface area contributed by atoms with E-state index in [1.807, 2.05) is 20.8 Å². The van der Waals surface area contributed by atoms with Gasteiger partial charge in [-0.3, -0.25) is 5.41 Å². The lowest BCUT2D eigenvalue weighted by Gasteiger charge is -2.25. The van der Waals surface area contributed by atoms with Crippen LogP contribution in [0.2, 0.25) is 0 Å². The summed E-state index contributed by atoms with van der Waals surface area (Å²) < 4.78 is 19.1. The second-order valence-corrected chi connectivity index (χ2v) is 4.27. The van der Waals surface area contributed by atoms with E-state index in [1.165, 1.54) is 12.1 Å². The van der Waals surface area contributed by atoms with Gasteiger partial charge in [-0.2, -0.15) is 0 Å². The largest absolute Gasteiger partial charge is 0.485 e. The summed E-state index contributed by atoms with van der Waals surface area (Å²) in [5.74, 6) is -0.453. The first-order chi connectivity index (χ1) is 7.35. The molecule has 0 unspecified atom stereocenters. The lowest BCUT2D eigenvalue weighted by Crippen LogP contribution is -2.27. The summed E-state index contributed by atoms with van der Waals surface area (Å²) in [6.07, 6.45) is 0.779. The summed E-state index contributed by atoms with van der Waals surface area (Å²) in [6.45, 7) is 5.76. The number of nitrogens with one attached hydrogen (secondary N) is 1. The minimum atomic E-state index is -0.491. The maximum Gasteiger partial charge on any atom is 0.165 e. The number of rotatable bonds is 4. The van der Waals surface area contributed by atoms with Crippen molar-refractivity contribution < 1.29 is 9.13 Å². The van der Waals surface area contributed by atoms with Crippen molar-refractivity contribution in [3.05, 3.63) is 29.6 Å². The highest BCUT2D eigenvalue weighted by molar-refractivity contribution is 5.95. The lowest BCUT2D eigenvalue weighted by atomic mass is 10.1. The molecule has 16 heavy (non-hydrogen) atoms. The van der Waals surface area contributed by atoms with E-state index in [-0.39, 0.29) is 11.6 Å². The number of ether oxygens (including phenoxy) is 1. The molecule has 88 valence electrons. The smallest absolute Gasteiger partial charge is 0.165 e. The number of halogens is 1. The molecule has 0 atom stereocenters. The van der Waals surface area contributed by atoms with Gasteiger partial charge < -0.3 is 10.5 Å². The summed E-state index contributed by atoms with van der Waals surface area (Å²) in [5.41, 5.74) is 5.22. The van der Waals surface area contributed by atoms with Gasteiger partial charge in [-0.1, -0.05) is 6.92 Å². The van der Waals surface area contributed by atoms with Crippen molar-refractivity contribution in [3.8, 4) is 5.75 Å². The molecule has 0 heterocycles. The fraction of sp³-hybridized carbons (Fsp3) is 0.417. The average Bonchev–Trinajstić information content (AvgIpc) is 2.20. The maximum atomic E-state index is 13.6. The second kappa shape index (κ2) is 4.51. The Morgan fingerprint density at radius 1 is 1.50 bits per heavy atom. The first-order valence-electron chi connectivity index (χ1n) is 5.18. The topological polar surface area (TPSA) is 59.1 Å². The number of nitrogens with two attached hydrogens (primary N) is 1. The summed E-state index contributed by atoms with van der Waals surface area (Å²) in [5, 5.41) is 7.19. The molecule has 1 rings (SSSR count). The van der Waals surface area contributed by atoms with Crippen LogP contribution in [-0.2, 0) is 0 Å². The summed E-state index contributed by atoms with van der Waals surface area (Å²) in [7, 11) is 0. The van der Waals surface area contributed by atoms with Crippen molar-refractivity contribution in [2.24, 2.45) is 5.73 Å². The molecule has 0 aliphatic heterocycles. The highest BCUT2D eigenvalue weighted by Gasteiger charge is 2.19. The first-order valence-corrected chi connectivity index (χ1v) is 5.18. The van der Waals surface area contributed by atoms with Gasteiger partial charge in [0.15, 0.2) is 11.6 Å². The normalized spacial score (nSPS) is 11.2. The minimum Gasteiger partial charge on any atom is -0.485 e. The van der Waals surface area contributed by atoms with Crippen LogP contribution in [0, 0.1) is 11.2 Å². The van der Waals surface area contributed by atoms with Gasteiger partial charge in [0.2, 0.25) is 0 Å². The van der Waals surface area contributed by atoms with Gasteiger partial charge >= 0.3 is 0 Å². The fourth-order valence-electron chi connectivity index (χ4n) is 1.12. The van der Waals surface area contributed by atoms with E-state index in [0.717, 1.165) is 6.42 Å². The SMILES string of the molecule is CCC(C)(C)Oc1ccc(C(=N)N)cc1F. The Kier molecular flexibility index (Phi) is 3.52. The molecular weight excluding hydrogens is 207 g/mol. The van der Waals surface area contributed by atoms with Crippen molar-refractivity contribution in [2.45, 2.75) is 32.8 Å². The van der Waals surface area contributed by atoms with Crippen molar-refractivity contribution >= 4 is 5.84 Å². The zero-order valence-electron chi connectivity index (χ0n) is 9.80. The van der Waals surface area contributed by atoms with Crippen LogP contribution in [0.4, 0.5) is 4.39 Å². The Morgan fingerprint density at radius 2 is 2.12 bits per heavy atom. The van der Waals surface area contributed by atoms with Crippen LogP contribution in [0.15, 0.2) is 18.2 Å². The Labute approximate surface area is 94.9 Å². The quantitative estimate of drug-likeness (QED) is 0.610. The standard InChI is InChI=1S/C12H17FN2O/c1-4-12(2,3)16-10-6-5-8(11(14)15)7-9(10)13/h5-7H,4H2,1-3H3,(H3,14,15). The monoisotopic (exact) mass is 224 g/mol. The molecule has 0 aliphatic carbocycles. The second-order valence-electron chi connectivity index (χ2n) is 4.27. The fourth-order valence-corrected chi connectivity index (χ4v) is 1.12. The third kappa shape index (κ3) is 2.95. The van der Waals surface area contributed by atoms with Crippen LogP contribution in [0.5, 0.6) is 5.75 Å². The molecule has 3 nitrogen and oxygen atoms in total. The van der Waals surface area contributed by atoms with Gasteiger partial charge in [0.25, 0.3) is 0 Å². The first kappa shape index (κ1) is 12.5. The van der Waals surface area contributed by atoms with Gasteiger partial charge in [0, 0.05) is 5.56 Å². The van der Waals surface area contributed by atoms with Crippen molar-refractivity contribution in [1.29, 1.82) is 5.41 Å². The van der Waals surface area contributed by atoms with E-state index in [4.69, 9.17) is 15.9 Å².